The molecule has 0 amide bonds. The molecule has 2 heterocycles. The van der Waals surface area contributed by atoms with Crippen LogP contribution in [0.3, 0.4) is 0 Å². The number of piperidine rings is 1. The van der Waals surface area contributed by atoms with E-state index in [-0.39, 0.29) is 23.5 Å². The summed E-state index contributed by atoms with van der Waals surface area (Å²) < 4.78 is 18.2. The van der Waals surface area contributed by atoms with Crippen LogP contribution in [-0.2, 0) is 14.3 Å². The van der Waals surface area contributed by atoms with Gasteiger partial charge in [-0.1, -0.05) is 12.1 Å². The highest BCUT2D eigenvalue weighted by Crippen LogP contribution is 2.38. The first-order valence-electron chi connectivity index (χ1n) is 10.9. The monoisotopic (exact) mass is 458 g/mol. The van der Waals surface area contributed by atoms with E-state index in [2.05, 4.69) is 10.6 Å². The highest BCUT2D eigenvalue weighted by Gasteiger charge is 2.48. The van der Waals surface area contributed by atoms with E-state index in [1.807, 2.05) is 13.8 Å². The molecule has 33 heavy (non-hydrogen) atoms. The van der Waals surface area contributed by atoms with E-state index < -0.39 is 23.2 Å². The number of carboxylic acids is 2. The Bertz CT molecular complexity index is 948. The average molecular weight is 459 g/mol. The number of nitrogens with one attached hydrogen (secondary N) is 2. The number of aliphatic carboxylic acids is 2. The third-order valence-corrected chi connectivity index (χ3v) is 5.20. The molecule has 1 aromatic rings. The van der Waals surface area contributed by atoms with Crippen LogP contribution in [0, 0.1) is 5.92 Å². The van der Waals surface area contributed by atoms with Crippen LogP contribution >= 0.6 is 0 Å². The molecule has 9 nitrogen and oxygen atoms in total. The molecule has 0 aromatic heterocycles. The minimum atomic E-state index is -1.92. The standard InChI is InChI=1S/C24H30N2O7/c1-16(2)32-19-8-3-4-9-20(19)33-24(18(23(29)30)13-22(27)28)21(10-6-12-26-24)31-15-17-7-5-11-25-14-17/h3-4,6,8-10,12-13,16-17,25-26H,5,7,11,14-15H2,1-2H3,(H,27,28)(H,29,30)/b18-13-/t17?,24-/m0/s1. The van der Waals surface area contributed by atoms with Gasteiger partial charge in [-0.05, 0) is 57.5 Å². The second kappa shape index (κ2) is 10.9. The van der Waals surface area contributed by atoms with Crippen molar-refractivity contribution in [3.05, 3.63) is 60.0 Å². The minimum absolute atomic E-state index is 0.143. The van der Waals surface area contributed by atoms with Crippen molar-refractivity contribution in [1.82, 2.24) is 10.6 Å². The predicted molar refractivity (Wildman–Crippen MR) is 121 cm³/mol. The number of hydrogen-bond donors (Lipinski definition) is 4. The number of para-hydroxylation sites is 2. The summed E-state index contributed by atoms with van der Waals surface area (Å²) in [6.07, 6.45) is 7.15. The Labute approximate surface area is 192 Å². The summed E-state index contributed by atoms with van der Waals surface area (Å²) in [5.74, 6) is -1.88. The van der Waals surface area contributed by atoms with Gasteiger partial charge in [0.1, 0.15) is 5.57 Å². The number of allylic oxidation sites excluding steroid dienone is 2. The van der Waals surface area contributed by atoms with Crippen molar-refractivity contribution in [1.29, 1.82) is 0 Å². The smallest absolute Gasteiger partial charge is 0.338 e. The first-order chi connectivity index (χ1) is 15.8. The second-order valence-electron chi connectivity index (χ2n) is 8.16. The Kier molecular flexibility index (Phi) is 8.00. The summed E-state index contributed by atoms with van der Waals surface area (Å²) in [4.78, 5) is 23.8. The Morgan fingerprint density at radius 1 is 1.24 bits per heavy atom. The summed E-state index contributed by atoms with van der Waals surface area (Å²) in [5.41, 5.74) is -2.45. The zero-order chi connectivity index (χ0) is 23.8. The number of hydrogen-bond acceptors (Lipinski definition) is 7. The van der Waals surface area contributed by atoms with Crippen LogP contribution in [0.4, 0.5) is 0 Å². The third-order valence-electron chi connectivity index (χ3n) is 5.20. The van der Waals surface area contributed by atoms with Crippen LogP contribution in [0.25, 0.3) is 0 Å². The van der Waals surface area contributed by atoms with Crippen molar-refractivity contribution in [3.63, 3.8) is 0 Å². The van der Waals surface area contributed by atoms with Crippen LogP contribution in [0.2, 0.25) is 0 Å². The fraction of sp³-hybridized carbons (Fsp3) is 0.417. The molecule has 1 aromatic carbocycles. The number of rotatable bonds is 10. The summed E-state index contributed by atoms with van der Waals surface area (Å²) in [6.45, 7) is 5.77. The SMILES string of the molecule is CC(C)Oc1ccccc1O[C@]1(/C(=C\C(=O)O)C(=O)O)NC=CC=C1OCC1CCCNC1. The van der Waals surface area contributed by atoms with Crippen molar-refractivity contribution in [3.8, 4) is 11.5 Å². The van der Waals surface area contributed by atoms with Crippen molar-refractivity contribution in [2.45, 2.75) is 38.5 Å². The van der Waals surface area contributed by atoms with Gasteiger partial charge in [-0.25, -0.2) is 9.59 Å². The van der Waals surface area contributed by atoms with E-state index in [0.717, 1.165) is 25.9 Å². The lowest BCUT2D eigenvalue weighted by atomic mass is 9.96. The minimum Gasteiger partial charge on any atom is -0.491 e. The largest absolute Gasteiger partial charge is 0.491 e. The van der Waals surface area contributed by atoms with Gasteiger partial charge in [0.2, 0.25) is 0 Å². The van der Waals surface area contributed by atoms with Gasteiger partial charge < -0.3 is 35.1 Å². The van der Waals surface area contributed by atoms with E-state index >= 15 is 0 Å². The van der Waals surface area contributed by atoms with Crippen LogP contribution in [0.15, 0.2) is 60.0 Å². The molecule has 2 aliphatic rings. The molecule has 0 spiro atoms. The number of carboxylic acid groups (broad SMARTS) is 2. The molecule has 0 saturated carbocycles. The van der Waals surface area contributed by atoms with E-state index in [1.54, 1.807) is 36.4 Å². The molecule has 178 valence electrons. The molecule has 0 radical (unpaired) electrons. The predicted octanol–water partition coefficient (Wildman–Crippen LogP) is 2.66. The normalized spacial score (nSPS) is 22.8. The maximum Gasteiger partial charge on any atom is 0.338 e. The number of ether oxygens (including phenoxy) is 3. The van der Waals surface area contributed by atoms with Crippen LogP contribution < -0.4 is 20.1 Å². The van der Waals surface area contributed by atoms with E-state index in [1.165, 1.54) is 6.20 Å². The van der Waals surface area contributed by atoms with Gasteiger partial charge in [0.05, 0.1) is 12.7 Å². The first-order valence-corrected chi connectivity index (χ1v) is 10.9. The van der Waals surface area contributed by atoms with Gasteiger partial charge in [-0.3, -0.25) is 0 Å². The molecule has 9 heteroatoms. The number of carbonyl (C=O) groups is 2. The maximum atomic E-state index is 12.2. The molecule has 0 aliphatic carbocycles. The topological polar surface area (TPSA) is 126 Å². The molecule has 2 atom stereocenters. The molecule has 1 fully saturated rings. The average Bonchev–Trinajstić information content (AvgIpc) is 2.78. The van der Waals surface area contributed by atoms with Crippen LogP contribution in [0.5, 0.6) is 11.5 Å². The van der Waals surface area contributed by atoms with Crippen LogP contribution in [0.1, 0.15) is 26.7 Å². The van der Waals surface area contributed by atoms with Crippen LogP contribution in [-0.4, -0.2) is 53.7 Å². The summed E-state index contributed by atoms with van der Waals surface area (Å²) >= 11 is 0. The summed E-state index contributed by atoms with van der Waals surface area (Å²) in [5, 5.41) is 25.6. The fourth-order valence-corrected chi connectivity index (χ4v) is 3.75. The highest BCUT2D eigenvalue weighted by molar-refractivity contribution is 5.97. The van der Waals surface area contributed by atoms with Gasteiger partial charge in [0.15, 0.2) is 17.3 Å². The van der Waals surface area contributed by atoms with E-state index in [0.29, 0.717) is 18.4 Å². The van der Waals surface area contributed by atoms with Crippen molar-refractivity contribution < 1.29 is 34.0 Å². The molecular weight excluding hydrogens is 428 g/mol. The summed E-state index contributed by atoms with van der Waals surface area (Å²) in [7, 11) is 0. The Balaban J connectivity index is 2.03. The lowest BCUT2D eigenvalue weighted by Crippen LogP contribution is -2.55. The van der Waals surface area contributed by atoms with Crippen molar-refractivity contribution in [2.75, 3.05) is 19.7 Å². The fourth-order valence-electron chi connectivity index (χ4n) is 3.75. The maximum absolute atomic E-state index is 12.2. The van der Waals surface area contributed by atoms with Gasteiger partial charge in [0, 0.05) is 24.7 Å². The van der Waals surface area contributed by atoms with Gasteiger partial charge in [-0.2, -0.15) is 0 Å². The second-order valence-corrected chi connectivity index (χ2v) is 8.16. The Morgan fingerprint density at radius 3 is 2.64 bits per heavy atom. The Morgan fingerprint density at radius 2 is 2.00 bits per heavy atom. The third kappa shape index (κ3) is 6.07. The van der Waals surface area contributed by atoms with Crippen molar-refractivity contribution in [2.24, 2.45) is 5.92 Å². The number of benzene rings is 1. The van der Waals surface area contributed by atoms with Gasteiger partial charge >= 0.3 is 11.9 Å². The van der Waals surface area contributed by atoms with Gasteiger partial charge in [-0.15, -0.1) is 0 Å². The molecule has 1 saturated heterocycles. The molecule has 2 aliphatic heterocycles. The lowest BCUT2D eigenvalue weighted by molar-refractivity contribution is -0.137. The molecular formula is C24H30N2O7. The molecule has 1 unspecified atom stereocenters. The highest BCUT2D eigenvalue weighted by atomic mass is 16.6. The molecule has 3 rings (SSSR count). The van der Waals surface area contributed by atoms with E-state index in [9.17, 15) is 19.8 Å². The quantitative estimate of drug-likeness (QED) is 0.391. The first kappa shape index (κ1) is 24.2. The molecule has 0 bridgehead atoms. The summed E-state index contributed by atoms with van der Waals surface area (Å²) in [6, 6.07) is 6.80. The lowest BCUT2D eigenvalue weighted by Gasteiger charge is -2.38. The molecule has 4 N–H and O–H groups in total. The van der Waals surface area contributed by atoms with Crippen molar-refractivity contribution >= 4 is 11.9 Å². The zero-order valence-electron chi connectivity index (χ0n) is 18.7. The van der Waals surface area contributed by atoms with Gasteiger partial charge in [0.25, 0.3) is 5.72 Å². The van der Waals surface area contributed by atoms with E-state index in [4.69, 9.17) is 14.2 Å². The zero-order valence-corrected chi connectivity index (χ0v) is 18.7. The Hall–Kier alpha value is -3.46. The number of dihydropyridines is 1.